The van der Waals surface area contributed by atoms with Crippen molar-refractivity contribution < 1.29 is 14.1 Å². The van der Waals surface area contributed by atoms with Gasteiger partial charge >= 0.3 is 12.1 Å². The van der Waals surface area contributed by atoms with Crippen LogP contribution in [0.4, 0.5) is 9.59 Å². The molecule has 4 amide bonds. The number of urea groups is 2. The molecule has 6 heteroatoms. The van der Waals surface area contributed by atoms with Crippen LogP contribution in [0.1, 0.15) is 96.3 Å². The van der Waals surface area contributed by atoms with Gasteiger partial charge in [-0.3, -0.25) is 4.90 Å². The van der Waals surface area contributed by atoms with Gasteiger partial charge in [0.25, 0.3) is 0 Å². The summed E-state index contributed by atoms with van der Waals surface area (Å²) in [7, 11) is 0. The summed E-state index contributed by atoms with van der Waals surface area (Å²) in [4.78, 5) is 28.2. The second-order valence-electron chi connectivity index (χ2n) is 10.6. The molecule has 0 bridgehead atoms. The molecule has 2 aliphatic carbocycles. The Morgan fingerprint density at radius 3 is 2.06 bits per heavy atom. The van der Waals surface area contributed by atoms with Gasteiger partial charge < -0.3 is 5.32 Å². The topological polar surface area (TPSA) is 63.5 Å². The smallest absolute Gasteiger partial charge is 0.338 e. The van der Waals surface area contributed by atoms with E-state index in [1.807, 2.05) is 4.90 Å². The normalized spacial score (nSPS) is 31.0. The van der Waals surface area contributed by atoms with Gasteiger partial charge in [0.15, 0.2) is 6.17 Å². The van der Waals surface area contributed by atoms with Gasteiger partial charge in [0, 0.05) is 19.5 Å². The summed E-state index contributed by atoms with van der Waals surface area (Å²) in [5.74, 6) is 1.68. The van der Waals surface area contributed by atoms with E-state index in [9.17, 15) is 9.59 Å². The molecule has 175 valence electrons. The number of rotatable bonds is 9. The molecular weight excluding hydrogens is 388 g/mol. The summed E-state index contributed by atoms with van der Waals surface area (Å²) in [6.45, 7) is 3.81. The van der Waals surface area contributed by atoms with E-state index in [-0.39, 0.29) is 18.2 Å². The molecule has 4 fully saturated rings. The Morgan fingerprint density at radius 2 is 1.45 bits per heavy atom. The monoisotopic (exact) mass is 432 g/mol. The lowest BCUT2D eigenvalue weighted by Gasteiger charge is -2.49. The maximum atomic E-state index is 13.4. The number of amides is 4. The summed E-state index contributed by atoms with van der Waals surface area (Å²) in [5, 5.41) is 7.47. The Balaban J connectivity index is 1.46. The van der Waals surface area contributed by atoms with E-state index in [1.165, 1.54) is 70.6 Å². The molecule has 2 aliphatic heterocycles. The number of carbonyl (C=O) groups is 2. The Bertz CT molecular complexity index is 600. The average molecular weight is 433 g/mol. The van der Waals surface area contributed by atoms with E-state index < -0.39 is 0 Å². The van der Waals surface area contributed by atoms with E-state index in [0.717, 1.165) is 63.7 Å². The molecule has 0 spiro atoms. The summed E-state index contributed by atoms with van der Waals surface area (Å²) >= 11 is 0. The highest BCUT2D eigenvalue weighted by atomic mass is 16.2. The highest BCUT2D eigenvalue weighted by molar-refractivity contribution is 5.76. The van der Waals surface area contributed by atoms with Crippen molar-refractivity contribution in [2.24, 2.45) is 11.8 Å². The molecule has 2 saturated carbocycles. The van der Waals surface area contributed by atoms with Gasteiger partial charge in [0.05, 0.1) is 19.6 Å². The van der Waals surface area contributed by atoms with Crippen molar-refractivity contribution in [3.8, 4) is 0 Å². The Kier molecular flexibility index (Phi) is 8.13. The van der Waals surface area contributed by atoms with Crippen molar-refractivity contribution in [2.75, 3.05) is 32.7 Å². The fourth-order valence-corrected chi connectivity index (χ4v) is 6.85. The average Bonchev–Trinajstić information content (AvgIpc) is 3.30. The van der Waals surface area contributed by atoms with Gasteiger partial charge in [-0.15, -0.1) is 0 Å². The van der Waals surface area contributed by atoms with Crippen LogP contribution in [0.25, 0.3) is 0 Å². The van der Waals surface area contributed by atoms with Gasteiger partial charge in [-0.2, -0.15) is 5.32 Å². The third kappa shape index (κ3) is 5.55. The maximum absolute atomic E-state index is 13.4. The number of nitrogens with one attached hydrogen (secondary N) is 1. The third-order valence-electron chi connectivity index (χ3n) is 8.60. The first kappa shape index (κ1) is 22.9. The van der Waals surface area contributed by atoms with E-state index in [1.54, 1.807) is 0 Å². The van der Waals surface area contributed by atoms with Crippen molar-refractivity contribution >= 4 is 12.1 Å². The largest absolute Gasteiger partial charge is 0.439 e. The molecule has 31 heavy (non-hydrogen) atoms. The first-order valence-corrected chi connectivity index (χ1v) is 13.3. The van der Waals surface area contributed by atoms with Crippen molar-refractivity contribution in [1.82, 2.24) is 15.5 Å². The molecule has 4 aliphatic rings. The molecule has 1 N–H and O–H groups in total. The van der Waals surface area contributed by atoms with Crippen LogP contribution in [0.3, 0.4) is 0 Å². The van der Waals surface area contributed by atoms with Crippen molar-refractivity contribution in [1.29, 1.82) is 0 Å². The minimum Gasteiger partial charge on any atom is -0.338 e. The van der Waals surface area contributed by atoms with Crippen LogP contribution in [0, 0.1) is 11.8 Å². The third-order valence-corrected chi connectivity index (χ3v) is 8.60. The van der Waals surface area contributed by atoms with Crippen LogP contribution in [0.5, 0.6) is 0 Å². The van der Waals surface area contributed by atoms with Crippen LogP contribution in [0.2, 0.25) is 0 Å². The van der Waals surface area contributed by atoms with Crippen LogP contribution < -0.4 is 10.6 Å². The van der Waals surface area contributed by atoms with E-state index >= 15 is 0 Å². The van der Waals surface area contributed by atoms with Gasteiger partial charge in [-0.1, -0.05) is 57.8 Å². The minimum absolute atomic E-state index is 0.0246. The summed E-state index contributed by atoms with van der Waals surface area (Å²) in [6, 6.07) is 0.0706. The van der Waals surface area contributed by atoms with Gasteiger partial charge in [0.1, 0.15) is 0 Å². The molecule has 2 heterocycles. The molecular formula is C25H44N4O2+. The molecule has 6 nitrogen and oxygen atoms in total. The lowest BCUT2D eigenvalue weighted by Crippen LogP contribution is -2.72. The Hall–Kier alpha value is -1.30. The molecule has 2 atom stereocenters. The summed E-state index contributed by atoms with van der Waals surface area (Å²) in [6.07, 6.45) is 18.7. The molecule has 4 rings (SSSR count). The minimum atomic E-state index is -0.0276. The SMILES string of the molecule is O=C1NCCCN1C1CC[N]C(=O)[N+]1(CCCC1CCCCC1)CCCC1CCCC1. The predicted octanol–water partition coefficient (Wildman–Crippen LogP) is 5.00. The van der Waals surface area contributed by atoms with Crippen molar-refractivity contribution in [3.05, 3.63) is 0 Å². The fourth-order valence-electron chi connectivity index (χ4n) is 6.85. The molecule has 0 aromatic carbocycles. The fraction of sp³-hybridized carbons (Fsp3) is 0.920. The molecule has 0 aromatic rings. The number of hydrogen-bond acceptors (Lipinski definition) is 2. The molecule has 0 aromatic heterocycles. The highest BCUT2D eigenvalue weighted by Crippen LogP contribution is 2.33. The Labute approximate surface area is 189 Å². The van der Waals surface area contributed by atoms with Crippen molar-refractivity contribution in [3.63, 3.8) is 0 Å². The van der Waals surface area contributed by atoms with Crippen LogP contribution in [0.15, 0.2) is 0 Å². The first-order valence-electron chi connectivity index (χ1n) is 13.3. The zero-order chi connectivity index (χ0) is 21.5. The number of hydrogen-bond donors (Lipinski definition) is 1. The van der Waals surface area contributed by atoms with Crippen LogP contribution in [-0.2, 0) is 0 Å². The van der Waals surface area contributed by atoms with Gasteiger partial charge in [-0.25, -0.2) is 14.1 Å². The standard InChI is InChI=1S/C25H43N4O2/c30-24-26-16-8-18-28(24)23-15-17-27-25(31)29(23,20-7-14-22-11-4-5-12-22)19-6-13-21-9-2-1-3-10-21/h21-23H,1-20H2/p+1. The first-order chi connectivity index (χ1) is 15.2. The number of carbonyl (C=O) groups excluding carboxylic acids is 2. The van der Waals surface area contributed by atoms with E-state index in [0.29, 0.717) is 11.0 Å². The Morgan fingerprint density at radius 1 is 0.839 bits per heavy atom. The zero-order valence-electron chi connectivity index (χ0n) is 19.5. The summed E-state index contributed by atoms with van der Waals surface area (Å²) in [5.41, 5.74) is 0. The maximum Gasteiger partial charge on any atom is 0.439 e. The lowest BCUT2D eigenvalue weighted by molar-refractivity contribution is -0.891. The molecule has 2 unspecified atom stereocenters. The second kappa shape index (κ2) is 11.0. The van der Waals surface area contributed by atoms with Gasteiger partial charge in [-0.05, 0) is 43.9 Å². The van der Waals surface area contributed by atoms with Crippen molar-refractivity contribution in [2.45, 2.75) is 102 Å². The van der Waals surface area contributed by atoms with Gasteiger partial charge in [0.2, 0.25) is 0 Å². The number of quaternary nitrogens is 1. The highest BCUT2D eigenvalue weighted by Gasteiger charge is 2.51. The lowest BCUT2D eigenvalue weighted by atomic mass is 9.86. The number of nitrogens with zero attached hydrogens (tertiary/aromatic N) is 3. The van der Waals surface area contributed by atoms with E-state index in [4.69, 9.17) is 0 Å². The van der Waals surface area contributed by atoms with Crippen LogP contribution in [-0.4, -0.2) is 60.3 Å². The van der Waals surface area contributed by atoms with E-state index in [2.05, 4.69) is 10.6 Å². The molecule has 1 radical (unpaired) electrons. The quantitative estimate of drug-likeness (QED) is 0.521. The van der Waals surface area contributed by atoms with Crippen LogP contribution >= 0.6 is 0 Å². The second-order valence-corrected chi connectivity index (χ2v) is 10.6. The predicted molar refractivity (Wildman–Crippen MR) is 123 cm³/mol. The summed E-state index contributed by atoms with van der Waals surface area (Å²) < 4.78 is 0.410. The zero-order valence-corrected chi connectivity index (χ0v) is 19.5. The molecule has 2 saturated heterocycles.